The molecule has 2 aromatic carbocycles. The Morgan fingerprint density at radius 3 is 2.71 bits per heavy atom. The monoisotopic (exact) mass is 320 g/mol. The van der Waals surface area contributed by atoms with E-state index in [1.807, 2.05) is 30.3 Å². The number of nitrogens with zero attached hydrogens (tertiary/aromatic N) is 5. The van der Waals surface area contributed by atoms with Crippen molar-refractivity contribution in [3.05, 3.63) is 54.6 Å². The minimum Gasteiger partial charge on any atom is -0.421 e. The van der Waals surface area contributed by atoms with Crippen molar-refractivity contribution in [2.75, 3.05) is 5.32 Å². The molecule has 24 heavy (non-hydrogen) atoms. The highest BCUT2D eigenvalue weighted by molar-refractivity contribution is 5.93. The first kappa shape index (κ1) is 15.2. The lowest BCUT2D eigenvalue weighted by Gasteiger charge is -2.10. The summed E-state index contributed by atoms with van der Waals surface area (Å²) < 4.78 is 7.18. The Balaban J connectivity index is 1.87. The highest BCUT2D eigenvalue weighted by atomic mass is 16.5. The molecule has 0 bridgehead atoms. The van der Waals surface area contributed by atoms with Crippen molar-refractivity contribution >= 4 is 11.6 Å². The zero-order valence-corrected chi connectivity index (χ0v) is 12.5. The Morgan fingerprint density at radius 1 is 1.17 bits per heavy atom. The maximum Gasteiger partial charge on any atom is 0.345 e. The molecule has 0 fully saturated rings. The number of para-hydroxylation sites is 3. The van der Waals surface area contributed by atoms with Gasteiger partial charge >= 0.3 is 6.01 Å². The summed E-state index contributed by atoms with van der Waals surface area (Å²) in [5, 5.41) is 22.6. The summed E-state index contributed by atoms with van der Waals surface area (Å²) in [7, 11) is 0. The van der Waals surface area contributed by atoms with Gasteiger partial charge in [0.05, 0.1) is 17.4 Å². The first-order chi connectivity index (χ1) is 11.8. The zero-order chi connectivity index (χ0) is 16.8. The Kier molecular flexibility index (Phi) is 4.44. The van der Waals surface area contributed by atoms with Crippen molar-refractivity contribution in [1.82, 2.24) is 20.2 Å². The second kappa shape index (κ2) is 7.02. The lowest BCUT2D eigenvalue weighted by atomic mass is 10.3. The lowest BCUT2D eigenvalue weighted by molar-refractivity contribution is -0.115. The number of carbonyl (C=O) groups excluding carboxylic acids is 1. The summed E-state index contributed by atoms with van der Waals surface area (Å²) >= 11 is 0. The molecule has 1 heterocycles. The van der Waals surface area contributed by atoms with E-state index in [1.54, 1.807) is 30.3 Å². The van der Waals surface area contributed by atoms with Gasteiger partial charge in [-0.1, -0.05) is 35.4 Å². The molecule has 1 aromatic heterocycles. The summed E-state index contributed by atoms with van der Waals surface area (Å²) in [6.45, 7) is 0. The van der Waals surface area contributed by atoms with Gasteiger partial charge < -0.3 is 10.1 Å². The van der Waals surface area contributed by atoms with Crippen molar-refractivity contribution in [2.24, 2.45) is 0 Å². The minimum atomic E-state index is -0.420. The standard InChI is InChI=1S/C16H12N6O2/c17-11-10-15(23)18-13-8-4-5-9-14(13)24-16-19-20-21-22(16)12-6-2-1-3-7-12/h1-9H,10H2,(H,18,23). The van der Waals surface area contributed by atoms with Crippen LogP contribution in [0.25, 0.3) is 5.69 Å². The molecular weight excluding hydrogens is 308 g/mol. The van der Waals surface area contributed by atoms with Crippen LogP contribution in [-0.4, -0.2) is 26.1 Å². The van der Waals surface area contributed by atoms with Gasteiger partial charge in [0.2, 0.25) is 5.91 Å². The van der Waals surface area contributed by atoms with E-state index in [4.69, 9.17) is 10.00 Å². The van der Waals surface area contributed by atoms with Gasteiger partial charge in [-0.15, -0.1) is 0 Å². The third-order valence-corrected chi connectivity index (χ3v) is 3.04. The quantitative estimate of drug-likeness (QED) is 0.773. The number of hydrogen-bond donors (Lipinski definition) is 1. The lowest BCUT2D eigenvalue weighted by Crippen LogP contribution is -2.11. The highest BCUT2D eigenvalue weighted by Gasteiger charge is 2.14. The molecule has 3 aromatic rings. The molecule has 0 saturated carbocycles. The van der Waals surface area contributed by atoms with Crippen LogP contribution < -0.4 is 10.1 Å². The molecule has 8 heteroatoms. The molecule has 1 N–H and O–H groups in total. The molecule has 0 saturated heterocycles. The van der Waals surface area contributed by atoms with Crippen molar-refractivity contribution in [1.29, 1.82) is 5.26 Å². The van der Waals surface area contributed by atoms with Crippen LogP contribution in [0.4, 0.5) is 5.69 Å². The predicted molar refractivity (Wildman–Crippen MR) is 84.5 cm³/mol. The molecule has 0 aliphatic heterocycles. The van der Waals surface area contributed by atoms with Crippen LogP contribution in [0.15, 0.2) is 54.6 Å². The number of benzene rings is 2. The van der Waals surface area contributed by atoms with Crippen molar-refractivity contribution < 1.29 is 9.53 Å². The maximum absolute atomic E-state index is 11.6. The summed E-state index contributed by atoms with van der Waals surface area (Å²) in [4.78, 5) is 11.6. The van der Waals surface area contributed by atoms with Gasteiger partial charge in [0, 0.05) is 0 Å². The number of nitrogens with one attached hydrogen (secondary N) is 1. The third-order valence-electron chi connectivity index (χ3n) is 3.04. The highest BCUT2D eigenvalue weighted by Crippen LogP contribution is 2.28. The smallest absolute Gasteiger partial charge is 0.345 e. The first-order valence-electron chi connectivity index (χ1n) is 7.05. The van der Waals surface area contributed by atoms with Crippen LogP contribution >= 0.6 is 0 Å². The van der Waals surface area contributed by atoms with Crippen LogP contribution in [0.3, 0.4) is 0 Å². The number of carbonyl (C=O) groups is 1. The van der Waals surface area contributed by atoms with Gasteiger partial charge in [0.25, 0.3) is 0 Å². The fraction of sp³-hybridized carbons (Fsp3) is 0.0625. The SMILES string of the molecule is N#CCC(=O)Nc1ccccc1Oc1nnnn1-c1ccccc1. The third kappa shape index (κ3) is 3.36. The van der Waals surface area contributed by atoms with E-state index in [1.165, 1.54) is 4.68 Å². The molecule has 0 unspecified atom stereocenters. The van der Waals surface area contributed by atoms with Crippen molar-refractivity contribution in [3.63, 3.8) is 0 Å². The van der Waals surface area contributed by atoms with E-state index in [0.29, 0.717) is 11.4 Å². The largest absolute Gasteiger partial charge is 0.421 e. The Morgan fingerprint density at radius 2 is 1.92 bits per heavy atom. The first-order valence-corrected chi connectivity index (χ1v) is 7.05. The normalized spacial score (nSPS) is 9.96. The molecular formula is C16H12N6O2. The summed E-state index contributed by atoms with van der Waals surface area (Å²) in [5.74, 6) is -0.0491. The number of hydrogen-bond acceptors (Lipinski definition) is 6. The maximum atomic E-state index is 11.6. The molecule has 8 nitrogen and oxygen atoms in total. The van der Waals surface area contributed by atoms with Crippen LogP contribution in [0, 0.1) is 11.3 Å². The van der Waals surface area contributed by atoms with Gasteiger partial charge in [-0.2, -0.15) is 9.94 Å². The van der Waals surface area contributed by atoms with Crippen LogP contribution in [0.1, 0.15) is 6.42 Å². The van der Waals surface area contributed by atoms with Crippen molar-refractivity contribution in [2.45, 2.75) is 6.42 Å². The Labute approximate surface area is 137 Å². The Hall–Kier alpha value is -3.73. The van der Waals surface area contributed by atoms with E-state index < -0.39 is 5.91 Å². The second-order valence-corrected chi connectivity index (χ2v) is 4.69. The molecule has 0 aliphatic rings. The fourth-order valence-electron chi connectivity index (χ4n) is 2.00. The van der Waals surface area contributed by atoms with E-state index in [9.17, 15) is 4.79 Å². The molecule has 0 aliphatic carbocycles. The molecule has 0 atom stereocenters. The van der Waals surface area contributed by atoms with Gasteiger partial charge in [-0.3, -0.25) is 4.79 Å². The van der Waals surface area contributed by atoms with Gasteiger partial charge in [-0.25, -0.2) is 0 Å². The average Bonchev–Trinajstić information content (AvgIpc) is 3.06. The Bertz CT molecular complexity index is 885. The number of amides is 1. The van der Waals surface area contributed by atoms with Crippen molar-refractivity contribution in [3.8, 4) is 23.5 Å². The zero-order valence-electron chi connectivity index (χ0n) is 12.5. The molecule has 3 rings (SSSR count). The van der Waals surface area contributed by atoms with E-state index in [-0.39, 0.29) is 12.4 Å². The topological polar surface area (TPSA) is 106 Å². The number of ether oxygens (including phenoxy) is 1. The van der Waals surface area contributed by atoms with Gasteiger partial charge in [0.15, 0.2) is 5.75 Å². The number of rotatable bonds is 5. The molecule has 1 amide bonds. The summed E-state index contributed by atoms with van der Waals surface area (Å²) in [6.07, 6.45) is -0.240. The number of nitriles is 1. The second-order valence-electron chi connectivity index (χ2n) is 4.69. The van der Waals surface area contributed by atoms with Crippen LogP contribution in [0.5, 0.6) is 11.8 Å². The van der Waals surface area contributed by atoms with Gasteiger partial charge in [0.1, 0.15) is 6.42 Å². The number of tetrazole rings is 1. The molecule has 0 radical (unpaired) electrons. The average molecular weight is 320 g/mol. The predicted octanol–water partition coefficient (Wildman–Crippen LogP) is 2.31. The number of anilines is 1. The fourth-order valence-corrected chi connectivity index (χ4v) is 2.00. The van der Waals surface area contributed by atoms with Crippen LogP contribution in [0.2, 0.25) is 0 Å². The van der Waals surface area contributed by atoms with E-state index >= 15 is 0 Å². The molecule has 0 spiro atoms. The van der Waals surface area contributed by atoms with E-state index in [2.05, 4.69) is 20.8 Å². The summed E-state index contributed by atoms with van der Waals surface area (Å²) in [6, 6.07) is 18.1. The van der Waals surface area contributed by atoms with E-state index in [0.717, 1.165) is 5.69 Å². The van der Waals surface area contributed by atoms with Gasteiger partial charge in [-0.05, 0) is 34.7 Å². The number of aromatic nitrogens is 4. The minimum absolute atomic E-state index is 0.156. The molecule has 118 valence electrons. The van der Waals surface area contributed by atoms with Crippen LogP contribution in [-0.2, 0) is 4.79 Å². The summed E-state index contributed by atoms with van der Waals surface area (Å²) in [5.41, 5.74) is 1.17.